The number of hydrogen-bond acceptors (Lipinski definition) is 6. The standard InChI is InChI=1S/C26H25N5O3S/c1-19-17-29(14-15-30(19)25(33)22-13-8-16-34-22)23(32)18-35-26-28-27-24(20-9-4-2-5-10-20)31(26)21-11-6-3-7-12-21/h2-13,16,19H,14-15,17-18H2,1H3. The first kappa shape index (κ1) is 22.9. The van der Waals surface area contributed by atoms with Crippen LogP contribution in [0.15, 0.2) is 88.6 Å². The van der Waals surface area contributed by atoms with Gasteiger partial charge in [0, 0.05) is 36.9 Å². The molecule has 5 rings (SSSR count). The van der Waals surface area contributed by atoms with E-state index in [0.717, 1.165) is 17.1 Å². The minimum atomic E-state index is -0.145. The van der Waals surface area contributed by atoms with Crippen molar-refractivity contribution in [3.05, 3.63) is 84.8 Å². The maximum Gasteiger partial charge on any atom is 0.289 e. The van der Waals surface area contributed by atoms with Gasteiger partial charge in [-0.3, -0.25) is 14.2 Å². The van der Waals surface area contributed by atoms with Crippen LogP contribution in [0.25, 0.3) is 17.1 Å². The molecule has 178 valence electrons. The maximum absolute atomic E-state index is 13.1. The van der Waals surface area contributed by atoms with E-state index < -0.39 is 0 Å². The maximum atomic E-state index is 13.1. The summed E-state index contributed by atoms with van der Waals surface area (Å²) in [6.45, 7) is 3.38. The number of rotatable bonds is 6. The van der Waals surface area contributed by atoms with Gasteiger partial charge in [-0.15, -0.1) is 10.2 Å². The Kier molecular flexibility index (Phi) is 6.67. The monoisotopic (exact) mass is 487 g/mol. The molecule has 0 aliphatic carbocycles. The summed E-state index contributed by atoms with van der Waals surface area (Å²) >= 11 is 1.37. The molecule has 8 nitrogen and oxygen atoms in total. The number of thioether (sulfide) groups is 1. The molecule has 35 heavy (non-hydrogen) atoms. The van der Waals surface area contributed by atoms with Crippen molar-refractivity contribution in [3.8, 4) is 17.1 Å². The molecular weight excluding hydrogens is 462 g/mol. The van der Waals surface area contributed by atoms with Gasteiger partial charge in [-0.2, -0.15) is 0 Å². The fraction of sp³-hybridized carbons (Fsp3) is 0.231. The van der Waals surface area contributed by atoms with Crippen LogP contribution in [0.4, 0.5) is 0 Å². The molecule has 2 aromatic carbocycles. The normalized spacial score (nSPS) is 15.9. The molecule has 3 heterocycles. The summed E-state index contributed by atoms with van der Waals surface area (Å²) in [5, 5.41) is 9.50. The van der Waals surface area contributed by atoms with E-state index in [-0.39, 0.29) is 23.6 Å². The van der Waals surface area contributed by atoms with Gasteiger partial charge < -0.3 is 14.2 Å². The van der Waals surface area contributed by atoms with Crippen molar-refractivity contribution < 1.29 is 14.0 Å². The fourth-order valence-electron chi connectivity index (χ4n) is 4.19. The van der Waals surface area contributed by atoms with Crippen LogP contribution in [0.5, 0.6) is 0 Å². The molecule has 2 aromatic heterocycles. The molecule has 0 bridgehead atoms. The van der Waals surface area contributed by atoms with Gasteiger partial charge in [0.1, 0.15) is 0 Å². The van der Waals surface area contributed by atoms with Crippen LogP contribution in [0.1, 0.15) is 17.5 Å². The lowest BCUT2D eigenvalue weighted by Crippen LogP contribution is -2.55. The van der Waals surface area contributed by atoms with Gasteiger partial charge in [0.2, 0.25) is 5.91 Å². The zero-order chi connectivity index (χ0) is 24.2. The van der Waals surface area contributed by atoms with Crippen molar-refractivity contribution in [2.45, 2.75) is 18.1 Å². The van der Waals surface area contributed by atoms with E-state index in [0.29, 0.717) is 30.6 Å². The summed E-state index contributed by atoms with van der Waals surface area (Å²) < 4.78 is 7.23. The smallest absolute Gasteiger partial charge is 0.289 e. The van der Waals surface area contributed by atoms with Gasteiger partial charge in [-0.05, 0) is 31.2 Å². The Morgan fingerprint density at radius 2 is 1.71 bits per heavy atom. The Hall–Kier alpha value is -3.85. The van der Waals surface area contributed by atoms with Crippen LogP contribution in [0.2, 0.25) is 0 Å². The number of benzene rings is 2. The number of hydrogen-bond donors (Lipinski definition) is 0. The van der Waals surface area contributed by atoms with Crippen LogP contribution in [0.3, 0.4) is 0 Å². The van der Waals surface area contributed by atoms with Crippen molar-refractivity contribution in [3.63, 3.8) is 0 Å². The van der Waals surface area contributed by atoms with Crippen LogP contribution in [0, 0.1) is 0 Å². The number of nitrogens with zero attached hydrogens (tertiary/aromatic N) is 5. The molecule has 9 heteroatoms. The average Bonchev–Trinajstić information content (AvgIpc) is 3.58. The average molecular weight is 488 g/mol. The summed E-state index contributed by atoms with van der Waals surface area (Å²) in [7, 11) is 0. The van der Waals surface area contributed by atoms with Crippen molar-refractivity contribution in [1.82, 2.24) is 24.6 Å². The van der Waals surface area contributed by atoms with E-state index in [1.807, 2.05) is 77.1 Å². The second-order valence-electron chi connectivity index (χ2n) is 8.30. The van der Waals surface area contributed by atoms with E-state index in [1.54, 1.807) is 17.0 Å². The Labute approximate surface area is 207 Å². The Bertz CT molecular complexity index is 1290. The summed E-state index contributed by atoms with van der Waals surface area (Å²) in [6.07, 6.45) is 1.49. The number of aromatic nitrogens is 3. The third-order valence-corrected chi connectivity index (χ3v) is 6.89. The Morgan fingerprint density at radius 3 is 2.40 bits per heavy atom. The lowest BCUT2D eigenvalue weighted by molar-refractivity contribution is -0.130. The van der Waals surface area contributed by atoms with Gasteiger partial charge in [0.25, 0.3) is 5.91 Å². The molecule has 0 radical (unpaired) electrons. The molecule has 1 fully saturated rings. The lowest BCUT2D eigenvalue weighted by Gasteiger charge is -2.39. The van der Waals surface area contributed by atoms with E-state index in [1.165, 1.54) is 18.0 Å². The minimum absolute atomic E-state index is 0.0100. The number of piperazine rings is 1. The van der Waals surface area contributed by atoms with E-state index in [4.69, 9.17) is 4.42 Å². The van der Waals surface area contributed by atoms with Gasteiger partial charge in [-0.25, -0.2) is 0 Å². The number of carbonyl (C=O) groups is 2. The van der Waals surface area contributed by atoms with Crippen LogP contribution in [-0.4, -0.2) is 67.8 Å². The predicted octanol–water partition coefficient (Wildman–Crippen LogP) is 3.99. The second-order valence-corrected chi connectivity index (χ2v) is 9.24. The molecule has 1 atom stereocenters. The minimum Gasteiger partial charge on any atom is -0.459 e. The number of para-hydroxylation sites is 1. The van der Waals surface area contributed by atoms with Crippen LogP contribution < -0.4 is 0 Å². The first-order valence-corrected chi connectivity index (χ1v) is 12.4. The molecule has 1 aliphatic heterocycles. The highest BCUT2D eigenvalue weighted by Gasteiger charge is 2.31. The van der Waals surface area contributed by atoms with E-state index in [9.17, 15) is 9.59 Å². The highest BCUT2D eigenvalue weighted by molar-refractivity contribution is 7.99. The largest absolute Gasteiger partial charge is 0.459 e. The quantitative estimate of drug-likeness (QED) is 0.383. The SMILES string of the molecule is CC1CN(C(=O)CSc2nnc(-c3ccccc3)n2-c2ccccc2)CCN1C(=O)c1ccco1. The molecule has 1 aliphatic rings. The summed E-state index contributed by atoms with van der Waals surface area (Å²) in [5.74, 6) is 1.15. The molecule has 2 amide bonds. The van der Waals surface area contributed by atoms with E-state index in [2.05, 4.69) is 10.2 Å². The number of carbonyl (C=O) groups excluding carboxylic acids is 2. The molecule has 4 aromatic rings. The molecule has 1 saturated heterocycles. The van der Waals surface area contributed by atoms with Crippen molar-refractivity contribution in [2.75, 3.05) is 25.4 Å². The topological polar surface area (TPSA) is 84.5 Å². The lowest BCUT2D eigenvalue weighted by atomic mass is 10.1. The summed E-state index contributed by atoms with van der Waals surface area (Å²) in [4.78, 5) is 29.3. The fourth-order valence-corrected chi connectivity index (χ4v) is 5.05. The van der Waals surface area contributed by atoms with Crippen molar-refractivity contribution in [2.24, 2.45) is 0 Å². The predicted molar refractivity (Wildman–Crippen MR) is 133 cm³/mol. The van der Waals surface area contributed by atoms with Gasteiger partial charge in [0.15, 0.2) is 16.7 Å². The van der Waals surface area contributed by atoms with Crippen LogP contribution in [-0.2, 0) is 4.79 Å². The first-order chi connectivity index (χ1) is 17.1. The zero-order valence-corrected chi connectivity index (χ0v) is 20.1. The van der Waals surface area contributed by atoms with Crippen molar-refractivity contribution in [1.29, 1.82) is 0 Å². The second kappa shape index (κ2) is 10.2. The summed E-state index contributed by atoms with van der Waals surface area (Å²) in [6, 6.07) is 23.0. The zero-order valence-electron chi connectivity index (χ0n) is 19.3. The first-order valence-electron chi connectivity index (χ1n) is 11.4. The molecule has 0 spiro atoms. The third-order valence-electron chi connectivity index (χ3n) is 5.98. The summed E-state index contributed by atoms with van der Waals surface area (Å²) in [5.41, 5.74) is 1.89. The van der Waals surface area contributed by atoms with E-state index >= 15 is 0 Å². The third kappa shape index (κ3) is 4.85. The highest BCUT2D eigenvalue weighted by Crippen LogP contribution is 2.28. The molecule has 0 saturated carbocycles. The van der Waals surface area contributed by atoms with Crippen molar-refractivity contribution >= 4 is 23.6 Å². The van der Waals surface area contributed by atoms with Gasteiger partial charge >= 0.3 is 0 Å². The number of furan rings is 1. The molecule has 1 unspecified atom stereocenters. The van der Waals surface area contributed by atoms with Gasteiger partial charge in [-0.1, -0.05) is 60.3 Å². The van der Waals surface area contributed by atoms with Gasteiger partial charge in [0.05, 0.1) is 12.0 Å². The van der Waals surface area contributed by atoms with Crippen LogP contribution >= 0.6 is 11.8 Å². The molecule has 0 N–H and O–H groups in total. The highest BCUT2D eigenvalue weighted by atomic mass is 32.2. The Morgan fingerprint density at radius 1 is 0.971 bits per heavy atom. The number of amides is 2. The molecular formula is C26H25N5O3S. The Balaban J connectivity index is 1.28.